The number of halogens is 4. The summed E-state index contributed by atoms with van der Waals surface area (Å²) < 4.78 is 42.0. The minimum Gasteiger partial charge on any atom is -0.340 e. The van der Waals surface area contributed by atoms with Crippen LogP contribution in [-0.4, -0.2) is 80.8 Å². The highest BCUT2D eigenvalue weighted by atomic mass is 35.5. The van der Waals surface area contributed by atoms with Gasteiger partial charge in [-0.15, -0.1) is 0 Å². The summed E-state index contributed by atoms with van der Waals surface area (Å²) in [5.74, 6) is -0.325. The van der Waals surface area contributed by atoms with E-state index in [-0.39, 0.29) is 40.7 Å². The molecule has 0 spiro atoms. The van der Waals surface area contributed by atoms with Gasteiger partial charge < -0.3 is 4.90 Å². The van der Waals surface area contributed by atoms with Gasteiger partial charge in [-0.1, -0.05) is 23.7 Å². The van der Waals surface area contributed by atoms with Crippen LogP contribution >= 0.6 is 23.4 Å². The Balaban J connectivity index is 1.27. The van der Waals surface area contributed by atoms with Crippen molar-refractivity contribution in [3.8, 4) is 0 Å². The first-order valence-corrected chi connectivity index (χ1v) is 13.7. The number of hydrogen-bond donors (Lipinski definition) is 0. The van der Waals surface area contributed by atoms with Crippen molar-refractivity contribution in [3.05, 3.63) is 69.2 Å². The molecule has 40 heavy (non-hydrogen) atoms. The molecule has 3 heterocycles. The molecule has 3 amide bonds. The summed E-state index contributed by atoms with van der Waals surface area (Å²) >= 11 is 6.67. The zero-order valence-electron chi connectivity index (χ0n) is 21.4. The Morgan fingerprint density at radius 2 is 1.82 bits per heavy atom. The molecule has 8 nitrogen and oxygen atoms in total. The van der Waals surface area contributed by atoms with Crippen molar-refractivity contribution in [2.75, 3.05) is 39.3 Å². The van der Waals surface area contributed by atoms with Crippen LogP contribution in [0.2, 0.25) is 5.02 Å². The number of imide groups is 1. The van der Waals surface area contributed by atoms with Crippen LogP contribution in [0, 0.1) is 0 Å². The monoisotopic (exact) mass is 591 g/mol. The van der Waals surface area contributed by atoms with E-state index < -0.39 is 11.7 Å². The Hall–Kier alpha value is -3.35. The lowest BCUT2D eigenvalue weighted by atomic mass is 10.1. The van der Waals surface area contributed by atoms with Crippen molar-refractivity contribution in [1.29, 1.82) is 0 Å². The maximum atomic E-state index is 13.5. The molecule has 1 aromatic heterocycles. The third-order valence-corrected chi connectivity index (χ3v) is 8.13. The first-order chi connectivity index (χ1) is 19.0. The number of thioether (sulfide) groups is 1. The lowest BCUT2D eigenvalue weighted by molar-refractivity contribution is -0.138. The second-order valence-electron chi connectivity index (χ2n) is 9.60. The van der Waals surface area contributed by atoms with E-state index in [1.807, 2.05) is 0 Å². The zero-order chi connectivity index (χ0) is 28.6. The molecule has 5 rings (SSSR count). The number of benzene rings is 2. The van der Waals surface area contributed by atoms with Crippen molar-refractivity contribution >= 4 is 57.4 Å². The standard InChI is InChI=1S/C27H25ClF3N5O3S/c1-17(37)34-9-6-33(7-10-34)8-11-35-25(38)24(40-26(35)39)13-18-2-5-23-20(12-18)15-32-36(23)16-19-3-4-21(28)14-22(19)27(29,30)31/h2-5,12-15H,6-11,16H2,1H3/b24-13-. The van der Waals surface area contributed by atoms with Gasteiger partial charge in [-0.2, -0.15) is 18.3 Å². The Bertz CT molecular complexity index is 1510. The first-order valence-electron chi connectivity index (χ1n) is 12.5. The minimum absolute atomic E-state index is 0.00274. The van der Waals surface area contributed by atoms with Crippen molar-refractivity contribution in [3.63, 3.8) is 0 Å². The van der Waals surface area contributed by atoms with Crippen molar-refractivity contribution < 1.29 is 27.6 Å². The number of alkyl halides is 3. The normalized spacial score (nSPS) is 18.0. The predicted octanol–water partition coefficient (Wildman–Crippen LogP) is 4.96. The molecule has 2 fully saturated rings. The van der Waals surface area contributed by atoms with Crippen molar-refractivity contribution in [2.45, 2.75) is 19.6 Å². The Labute approximate surface area is 237 Å². The van der Waals surface area contributed by atoms with Gasteiger partial charge in [-0.25, -0.2) is 0 Å². The molecule has 0 N–H and O–H groups in total. The number of rotatable bonds is 6. The van der Waals surface area contributed by atoms with Crippen LogP contribution in [0.5, 0.6) is 0 Å². The molecule has 3 aromatic rings. The summed E-state index contributed by atoms with van der Waals surface area (Å²) in [4.78, 5) is 42.5. The highest BCUT2D eigenvalue weighted by molar-refractivity contribution is 8.18. The van der Waals surface area contributed by atoms with Crippen LogP contribution in [0.3, 0.4) is 0 Å². The summed E-state index contributed by atoms with van der Waals surface area (Å²) in [5.41, 5.74) is 0.522. The van der Waals surface area contributed by atoms with Gasteiger partial charge in [0.15, 0.2) is 0 Å². The maximum Gasteiger partial charge on any atom is 0.416 e. The van der Waals surface area contributed by atoms with Crippen LogP contribution in [0.4, 0.5) is 18.0 Å². The van der Waals surface area contributed by atoms with E-state index in [4.69, 9.17) is 11.6 Å². The highest BCUT2D eigenvalue weighted by Gasteiger charge is 2.36. The van der Waals surface area contributed by atoms with E-state index in [0.29, 0.717) is 54.1 Å². The van der Waals surface area contributed by atoms with Crippen LogP contribution in [0.15, 0.2) is 47.5 Å². The molecular formula is C27H25ClF3N5O3S. The van der Waals surface area contributed by atoms with Crippen molar-refractivity contribution in [2.24, 2.45) is 0 Å². The maximum absolute atomic E-state index is 13.5. The number of nitrogens with zero attached hydrogens (tertiary/aromatic N) is 5. The van der Waals surface area contributed by atoms with E-state index in [1.54, 1.807) is 42.3 Å². The van der Waals surface area contributed by atoms with Gasteiger partial charge in [0.25, 0.3) is 11.1 Å². The van der Waals surface area contributed by atoms with Gasteiger partial charge in [-0.3, -0.25) is 28.9 Å². The average molecular weight is 592 g/mol. The Morgan fingerprint density at radius 3 is 2.52 bits per heavy atom. The smallest absolute Gasteiger partial charge is 0.340 e. The van der Waals surface area contributed by atoms with Crippen LogP contribution in [0.1, 0.15) is 23.6 Å². The SMILES string of the molecule is CC(=O)N1CCN(CCN2C(=O)S/C(=C\c3ccc4c(cnn4Cc4ccc(Cl)cc4C(F)(F)F)c3)C2=O)CC1. The van der Waals surface area contributed by atoms with Gasteiger partial charge in [0.1, 0.15) is 0 Å². The van der Waals surface area contributed by atoms with Gasteiger partial charge in [-0.05, 0) is 53.2 Å². The topological polar surface area (TPSA) is 78.8 Å². The second-order valence-corrected chi connectivity index (χ2v) is 11.0. The minimum atomic E-state index is -4.55. The summed E-state index contributed by atoms with van der Waals surface area (Å²) in [7, 11) is 0. The number of piperazine rings is 1. The third-order valence-electron chi connectivity index (χ3n) is 6.99. The molecule has 0 atom stereocenters. The van der Waals surface area contributed by atoms with Crippen LogP contribution in [-0.2, 0) is 22.3 Å². The lowest BCUT2D eigenvalue weighted by Gasteiger charge is -2.34. The number of amides is 3. The summed E-state index contributed by atoms with van der Waals surface area (Å²) in [6.07, 6.45) is -1.37. The Morgan fingerprint density at radius 1 is 1.07 bits per heavy atom. The number of hydrogen-bond acceptors (Lipinski definition) is 6. The molecule has 0 radical (unpaired) electrons. The highest BCUT2D eigenvalue weighted by Crippen LogP contribution is 2.35. The predicted molar refractivity (Wildman–Crippen MR) is 147 cm³/mol. The molecule has 2 aromatic carbocycles. The molecular weight excluding hydrogens is 567 g/mol. The summed E-state index contributed by atoms with van der Waals surface area (Å²) in [5, 5.41) is 4.61. The summed E-state index contributed by atoms with van der Waals surface area (Å²) in [6.45, 7) is 4.87. The molecule has 0 aliphatic carbocycles. The van der Waals surface area contributed by atoms with Crippen LogP contribution < -0.4 is 0 Å². The first kappa shape index (κ1) is 28.2. The van der Waals surface area contributed by atoms with E-state index in [2.05, 4.69) is 10.00 Å². The molecule has 2 aliphatic heterocycles. The summed E-state index contributed by atoms with van der Waals surface area (Å²) in [6, 6.07) is 8.89. The number of carbonyl (C=O) groups is 3. The molecule has 210 valence electrons. The van der Waals surface area contributed by atoms with Gasteiger partial charge in [0, 0.05) is 56.6 Å². The molecule has 0 bridgehead atoms. The zero-order valence-corrected chi connectivity index (χ0v) is 23.0. The number of aromatic nitrogens is 2. The molecule has 0 saturated carbocycles. The second kappa shape index (κ2) is 11.3. The molecule has 13 heteroatoms. The van der Waals surface area contributed by atoms with E-state index in [1.165, 1.54) is 21.7 Å². The Kier molecular flexibility index (Phi) is 7.94. The third kappa shape index (κ3) is 6.03. The average Bonchev–Trinajstić information content (AvgIpc) is 3.42. The fourth-order valence-electron chi connectivity index (χ4n) is 4.81. The lowest BCUT2D eigenvalue weighted by Crippen LogP contribution is -2.50. The fraction of sp³-hybridized carbons (Fsp3) is 0.333. The quantitative estimate of drug-likeness (QED) is 0.377. The van der Waals surface area contributed by atoms with Crippen LogP contribution in [0.25, 0.3) is 17.0 Å². The van der Waals surface area contributed by atoms with Gasteiger partial charge >= 0.3 is 6.18 Å². The largest absolute Gasteiger partial charge is 0.416 e. The number of carbonyl (C=O) groups excluding carboxylic acids is 3. The molecule has 2 saturated heterocycles. The molecule has 2 aliphatic rings. The van der Waals surface area contributed by atoms with Gasteiger partial charge in [0.2, 0.25) is 5.91 Å². The number of fused-ring (bicyclic) bond motifs is 1. The fourth-order valence-corrected chi connectivity index (χ4v) is 5.84. The van der Waals surface area contributed by atoms with E-state index >= 15 is 0 Å². The van der Waals surface area contributed by atoms with Crippen molar-refractivity contribution in [1.82, 2.24) is 24.5 Å². The van der Waals surface area contributed by atoms with E-state index in [0.717, 1.165) is 17.8 Å². The molecule has 0 unspecified atom stereocenters. The van der Waals surface area contributed by atoms with E-state index in [9.17, 15) is 27.6 Å². The van der Waals surface area contributed by atoms with Gasteiger partial charge in [0.05, 0.1) is 28.7 Å².